The Balaban J connectivity index is 2.08. The van der Waals surface area contributed by atoms with E-state index < -0.39 is 0 Å². The van der Waals surface area contributed by atoms with Gasteiger partial charge in [-0.15, -0.1) is 0 Å². The van der Waals surface area contributed by atoms with E-state index in [2.05, 4.69) is 37.9 Å². The van der Waals surface area contributed by atoms with Gasteiger partial charge in [-0.2, -0.15) is 0 Å². The predicted octanol–water partition coefficient (Wildman–Crippen LogP) is 2.89. The predicted molar refractivity (Wildman–Crippen MR) is 71.8 cm³/mol. The van der Waals surface area contributed by atoms with Gasteiger partial charge in [0, 0.05) is 12.1 Å². The van der Waals surface area contributed by atoms with E-state index >= 15 is 0 Å². The fourth-order valence-electron chi connectivity index (χ4n) is 2.45. The lowest BCUT2D eigenvalue weighted by molar-refractivity contribution is 0.169. The van der Waals surface area contributed by atoms with Gasteiger partial charge in [0.2, 0.25) is 0 Å². The maximum atomic E-state index is 3.56. The lowest BCUT2D eigenvalue weighted by Gasteiger charge is -2.32. The van der Waals surface area contributed by atoms with Crippen LogP contribution >= 0.6 is 0 Å². The Hall–Kier alpha value is -0.0800. The van der Waals surface area contributed by atoms with Crippen molar-refractivity contribution in [2.75, 3.05) is 26.2 Å². The summed E-state index contributed by atoms with van der Waals surface area (Å²) in [6.45, 7) is 14.1. The average molecular weight is 226 g/mol. The molecular formula is C14H30N2. The van der Waals surface area contributed by atoms with E-state index in [1.165, 1.54) is 45.3 Å². The van der Waals surface area contributed by atoms with Crippen LogP contribution in [0.2, 0.25) is 0 Å². The van der Waals surface area contributed by atoms with Gasteiger partial charge in [0.25, 0.3) is 0 Å². The van der Waals surface area contributed by atoms with Crippen LogP contribution in [-0.4, -0.2) is 36.6 Å². The maximum Gasteiger partial charge on any atom is 0.00965 e. The van der Waals surface area contributed by atoms with Crippen molar-refractivity contribution in [1.82, 2.24) is 10.2 Å². The quantitative estimate of drug-likeness (QED) is 0.725. The van der Waals surface area contributed by atoms with Crippen LogP contribution in [0.3, 0.4) is 0 Å². The summed E-state index contributed by atoms with van der Waals surface area (Å²) in [6.07, 6.45) is 5.50. The number of hydrogen-bond acceptors (Lipinski definition) is 2. The number of hydrogen-bond donors (Lipinski definition) is 1. The second kappa shape index (κ2) is 6.61. The molecule has 1 heterocycles. The highest BCUT2D eigenvalue weighted by molar-refractivity contribution is 4.74. The molecule has 96 valence electrons. The minimum atomic E-state index is 0.272. The summed E-state index contributed by atoms with van der Waals surface area (Å²) in [4.78, 5) is 2.65. The van der Waals surface area contributed by atoms with Crippen LogP contribution in [0.4, 0.5) is 0 Å². The molecule has 0 aliphatic carbocycles. The molecule has 0 bridgehead atoms. The summed E-state index contributed by atoms with van der Waals surface area (Å²) in [5.41, 5.74) is 0.272. The topological polar surface area (TPSA) is 15.3 Å². The number of rotatable bonds is 5. The van der Waals surface area contributed by atoms with Crippen molar-refractivity contribution in [1.29, 1.82) is 0 Å². The number of nitrogens with one attached hydrogen (secondary N) is 1. The zero-order chi connectivity index (χ0) is 12.0. The van der Waals surface area contributed by atoms with Crippen LogP contribution in [0.5, 0.6) is 0 Å². The van der Waals surface area contributed by atoms with Crippen LogP contribution in [0, 0.1) is 5.92 Å². The first kappa shape index (κ1) is 14.0. The van der Waals surface area contributed by atoms with Gasteiger partial charge < -0.3 is 10.2 Å². The lowest BCUT2D eigenvalue weighted by Crippen LogP contribution is -2.40. The van der Waals surface area contributed by atoms with E-state index in [0.29, 0.717) is 0 Å². The van der Waals surface area contributed by atoms with Crippen molar-refractivity contribution >= 4 is 0 Å². The summed E-state index contributed by atoms with van der Waals surface area (Å²) in [7, 11) is 0. The summed E-state index contributed by atoms with van der Waals surface area (Å²) >= 11 is 0. The van der Waals surface area contributed by atoms with Gasteiger partial charge >= 0.3 is 0 Å². The van der Waals surface area contributed by atoms with Crippen molar-refractivity contribution in [3.05, 3.63) is 0 Å². The van der Waals surface area contributed by atoms with Crippen molar-refractivity contribution in [2.45, 2.75) is 58.9 Å². The fraction of sp³-hybridized carbons (Fsp3) is 1.00. The smallest absolute Gasteiger partial charge is 0.00965 e. The monoisotopic (exact) mass is 226 g/mol. The van der Waals surface area contributed by atoms with Crippen molar-refractivity contribution in [3.63, 3.8) is 0 Å². The van der Waals surface area contributed by atoms with Gasteiger partial charge in [-0.3, -0.25) is 0 Å². The highest BCUT2D eigenvalue weighted by atomic mass is 15.1. The highest BCUT2D eigenvalue weighted by Gasteiger charge is 2.17. The third-order valence-corrected chi connectivity index (χ3v) is 3.49. The van der Waals surface area contributed by atoms with E-state index in [1.54, 1.807) is 0 Å². The molecule has 1 aliphatic heterocycles. The molecule has 2 nitrogen and oxygen atoms in total. The third kappa shape index (κ3) is 5.86. The molecule has 1 unspecified atom stereocenters. The standard InChI is InChI=1S/C14H30N2/c1-5-13-8-6-10-16(12-13)11-7-9-15-14(2,3)4/h13,15H,5-12H2,1-4H3. The molecule has 1 aliphatic rings. The van der Waals surface area contributed by atoms with Crippen LogP contribution in [0.25, 0.3) is 0 Å². The Morgan fingerprint density at radius 2 is 2.06 bits per heavy atom. The van der Waals surface area contributed by atoms with Crippen LogP contribution in [0.15, 0.2) is 0 Å². The van der Waals surface area contributed by atoms with Gasteiger partial charge in [0.05, 0.1) is 0 Å². The van der Waals surface area contributed by atoms with Crippen molar-refractivity contribution < 1.29 is 0 Å². The molecule has 1 atom stereocenters. The Kier molecular flexibility index (Phi) is 5.77. The third-order valence-electron chi connectivity index (χ3n) is 3.49. The first-order chi connectivity index (χ1) is 7.51. The molecule has 16 heavy (non-hydrogen) atoms. The van der Waals surface area contributed by atoms with E-state index in [4.69, 9.17) is 0 Å². The van der Waals surface area contributed by atoms with E-state index in [-0.39, 0.29) is 5.54 Å². The summed E-state index contributed by atoms with van der Waals surface area (Å²) in [6, 6.07) is 0. The van der Waals surface area contributed by atoms with Gasteiger partial charge in [-0.25, -0.2) is 0 Å². The van der Waals surface area contributed by atoms with Crippen LogP contribution in [-0.2, 0) is 0 Å². The first-order valence-electron chi connectivity index (χ1n) is 6.98. The molecule has 0 spiro atoms. The minimum Gasteiger partial charge on any atom is -0.312 e. The number of likely N-dealkylation sites (tertiary alicyclic amines) is 1. The van der Waals surface area contributed by atoms with Gasteiger partial charge in [-0.05, 0) is 65.6 Å². The molecule has 1 fully saturated rings. The first-order valence-corrected chi connectivity index (χ1v) is 6.98. The minimum absolute atomic E-state index is 0.272. The van der Waals surface area contributed by atoms with E-state index in [9.17, 15) is 0 Å². The number of nitrogens with zero attached hydrogens (tertiary/aromatic N) is 1. The van der Waals surface area contributed by atoms with Gasteiger partial charge in [0.15, 0.2) is 0 Å². The molecule has 1 rings (SSSR count). The molecule has 0 saturated carbocycles. The SMILES string of the molecule is CCC1CCCN(CCCNC(C)(C)C)C1. The van der Waals surface area contributed by atoms with Crippen molar-refractivity contribution in [2.24, 2.45) is 5.92 Å². The molecule has 1 saturated heterocycles. The Labute approximate surface area is 102 Å². The Morgan fingerprint density at radius 1 is 1.31 bits per heavy atom. The maximum absolute atomic E-state index is 3.56. The fourth-order valence-corrected chi connectivity index (χ4v) is 2.45. The lowest BCUT2D eigenvalue weighted by atomic mass is 9.95. The summed E-state index contributed by atoms with van der Waals surface area (Å²) in [5, 5.41) is 3.56. The molecule has 0 aromatic heterocycles. The van der Waals surface area contributed by atoms with Crippen LogP contribution < -0.4 is 5.32 Å². The van der Waals surface area contributed by atoms with Gasteiger partial charge in [-0.1, -0.05) is 13.3 Å². The molecule has 0 radical (unpaired) electrons. The molecular weight excluding hydrogens is 196 g/mol. The summed E-state index contributed by atoms with van der Waals surface area (Å²) in [5.74, 6) is 0.962. The van der Waals surface area contributed by atoms with Crippen molar-refractivity contribution in [3.8, 4) is 0 Å². The van der Waals surface area contributed by atoms with Crippen LogP contribution in [0.1, 0.15) is 53.4 Å². The van der Waals surface area contributed by atoms with E-state index in [0.717, 1.165) is 12.5 Å². The Morgan fingerprint density at radius 3 is 2.69 bits per heavy atom. The van der Waals surface area contributed by atoms with E-state index in [1.807, 2.05) is 0 Å². The highest BCUT2D eigenvalue weighted by Crippen LogP contribution is 2.18. The average Bonchev–Trinajstić information content (AvgIpc) is 2.23. The zero-order valence-corrected chi connectivity index (χ0v) is 11.7. The van der Waals surface area contributed by atoms with Gasteiger partial charge in [0.1, 0.15) is 0 Å². The second-order valence-electron chi connectivity index (χ2n) is 6.25. The zero-order valence-electron chi connectivity index (χ0n) is 11.7. The number of piperidine rings is 1. The summed E-state index contributed by atoms with van der Waals surface area (Å²) < 4.78 is 0. The largest absolute Gasteiger partial charge is 0.312 e. The normalized spacial score (nSPS) is 23.6. The molecule has 0 aromatic rings. The molecule has 0 amide bonds. The second-order valence-corrected chi connectivity index (χ2v) is 6.25. The Bertz CT molecular complexity index is 184. The molecule has 0 aromatic carbocycles. The molecule has 1 N–H and O–H groups in total. The molecule has 2 heteroatoms.